The third kappa shape index (κ3) is 4.93. The second kappa shape index (κ2) is 8.65. The first-order valence-corrected chi connectivity index (χ1v) is 8.86. The van der Waals surface area contributed by atoms with Gasteiger partial charge in [0.1, 0.15) is 12.4 Å². The van der Waals surface area contributed by atoms with Crippen molar-refractivity contribution in [3.8, 4) is 0 Å². The number of hydrogen-bond donors (Lipinski definition) is 1. The van der Waals surface area contributed by atoms with E-state index in [2.05, 4.69) is 21.2 Å². The van der Waals surface area contributed by atoms with E-state index in [9.17, 15) is 14.0 Å². The molecule has 0 saturated heterocycles. The number of benzene rings is 2. The summed E-state index contributed by atoms with van der Waals surface area (Å²) in [5.74, 6) is -1.46. The maximum absolute atomic E-state index is 13.4. The van der Waals surface area contributed by atoms with Crippen LogP contribution in [0.3, 0.4) is 0 Å². The van der Waals surface area contributed by atoms with E-state index in [1.807, 2.05) is 0 Å². The van der Waals surface area contributed by atoms with Gasteiger partial charge in [0, 0.05) is 11.0 Å². The molecule has 0 spiro atoms. The summed E-state index contributed by atoms with van der Waals surface area (Å²) in [7, 11) is 0. The minimum absolute atomic E-state index is 0.144. The number of hydrogen-bond acceptors (Lipinski definition) is 2. The van der Waals surface area contributed by atoms with E-state index in [-0.39, 0.29) is 24.3 Å². The van der Waals surface area contributed by atoms with Crippen LogP contribution < -0.4 is 5.32 Å². The zero-order valence-electron chi connectivity index (χ0n) is 13.2. The molecule has 2 aromatic carbocycles. The first-order chi connectivity index (χ1) is 11.8. The van der Waals surface area contributed by atoms with Gasteiger partial charge in [-0.3, -0.25) is 9.59 Å². The highest BCUT2D eigenvalue weighted by Gasteiger charge is 2.21. The van der Waals surface area contributed by atoms with Gasteiger partial charge < -0.3 is 10.2 Å². The third-order valence-electron chi connectivity index (χ3n) is 3.39. The molecule has 0 radical (unpaired) electrons. The van der Waals surface area contributed by atoms with Crippen molar-refractivity contribution in [1.82, 2.24) is 4.90 Å². The summed E-state index contributed by atoms with van der Waals surface area (Å²) in [5.41, 5.74) is 0.427. The molecule has 132 valence electrons. The zero-order valence-corrected chi connectivity index (χ0v) is 16.3. The molecule has 0 fully saturated rings. The molecule has 0 bridgehead atoms. The molecule has 2 aromatic rings. The Kier molecular flexibility index (Phi) is 6.81. The molecule has 0 aliphatic carbocycles. The lowest BCUT2D eigenvalue weighted by Crippen LogP contribution is -2.38. The second-order valence-electron chi connectivity index (χ2n) is 5.09. The quantitative estimate of drug-likeness (QED) is 0.701. The van der Waals surface area contributed by atoms with Crippen molar-refractivity contribution in [2.24, 2.45) is 0 Å². The molecule has 0 heterocycles. The van der Waals surface area contributed by atoms with Crippen LogP contribution in [-0.4, -0.2) is 29.8 Å². The molecule has 4 nitrogen and oxygen atoms in total. The predicted molar refractivity (Wildman–Crippen MR) is 101 cm³/mol. The van der Waals surface area contributed by atoms with Crippen molar-refractivity contribution in [1.29, 1.82) is 0 Å². The number of carbonyl (C=O) groups excluding carboxylic acids is 2. The molecular weight excluding hydrogens is 434 g/mol. The van der Waals surface area contributed by atoms with E-state index in [0.717, 1.165) is 6.07 Å². The fourth-order valence-electron chi connectivity index (χ4n) is 2.13. The van der Waals surface area contributed by atoms with Crippen LogP contribution in [0.1, 0.15) is 17.3 Å². The van der Waals surface area contributed by atoms with Gasteiger partial charge in [0.05, 0.1) is 21.3 Å². The van der Waals surface area contributed by atoms with E-state index in [1.54, 1.807) is 25.1 Å². The Morgan fingerprint density at radius 3 is 2.44 bits per heavy atom. The molecule has 25 heavy (non-hydrogen) atoms. The van der Waals surface area contributed by atoms with E-state index in [0.29, 0.717) is 14.5 Å². The van der Waals surface area contributed by atoms with Crippen molar-refractivity contribution in [2.75, 3.05) is 18.4 Å². The fourth-order valence-corrected chi connectivity index (χ4v) is 3.04. The zero-order chi connectivity index (χ0) is 18.6. The monoisotopic (exact) mass is 446 g/mol. The summed E-state index contributed by atoms with van der Waals surface area (Å²) < 4.78 is 13.9. The maximum atomic E-state index is 13.4. The SMILES string of the molecule is CCN(CC(=O)Nc1c(Cl)cccc1Cl)C(=O)c1cc(F)ccc1Br. The largest absolute Gasteiger partial charge is 0.330 e. The van der Waals surface area contributed by atoms with Crippen LogP contribution in [0.25, 0.3) is 0 Å². The van der Waals surface area contributed by atoms with Crippen LogP contribution in [0, 0.1) is 5.82 Å². The number of nitrogens with one attached hydrogen (secondary N) is 1. The van der Waals surface area contributed by atoms with Crippen molar-refractivity contribution in [3.05, 3.63) is 62.3 Å². The van der Waals surface area contributed by atoms with E-state index < -0.39 is 17.6 Å². The average Bonchev–Trinajstić information content (AvgIpc) is 2.57. The smallest absolute Gasteiger partial charge is 0.255 e. The van der Waals surface area contributed by atoms with Gasteiger partial charge in [0.25, 0.3) is 5.91 Å². The molecule has 8 heteroatoms. The fraction of sp³-hybridized carbons (Fsp3) is 0.176. The van der Waals surface area contributed by atoms with Gasteiger partial charge in [-0.2, -0.15) is 0 Å². The molecule has 1 N–H and O–H groups in total. The molecule has 0 aromatic heterocycles. The number of rotatable bonds is 5. The number of nitrogens with zero attached hydrogens (tertiary/aromatic N) is 1. The van der Waals surface area contributed by atoms with Crippen molar-refractivity contribution >= 4 is 56.6 Å². The lowest BCUT2D eigenvalue weighted by molar-refractivity contribution is -0.116. The molecule has 2 rings (SSSR count). The molecule has 0 unspecified atom stereocenters. The maximum Gasteiger partial charge on any atom is 0.255 e. The molecule has 0 aliphatic rings. The predicted octanol–water partition coefficient (Wildman–Crippen LogP) is 5.00. The number of halogens is 4. The van der Waals surface area contributed by atoms with Gasteiger partial charge in [0.2, 0.25) is 5.91 Å². The van der Waals surface area contributed by atoms with Crippen LogP contribution in [-0.2, 0) is 4.79 Å². The van der Waals surface area contributed by atoms with Crippen molar-refractivity contribution in [2.45, 2.75) is 6.92 Å². The normalized spacial score (nSPS) is 10.4. The standard InChI is InChI=1S/C17H14BrCl2FN2O2/c1-2-23(17(25)11-8-10(21)6-7-12(11)18)9-15(24)22-16-13(19)4-3-5-14(16)20/h3-8H,2,9H2,1H3,(H,22,24). The Morgan fingerprint density at radius 2 is 1.84 bits per heavy atom. The van der Waals surface area contributed by atoms with Crippen LogP contribution in [0.5, 0.6) is 0 Å². The lowest BCUT2D eigenvalue weighted by Gasteiger charge is -2.21. The number of para-hydroxylation sites is 1. The van der Waals surface area contributed by atoms with E-state index in [4.69, 9.17) is 23.2 Å². The molecule has 2 amide bonds. The van der Waals surface area contributed by atoms with Crippen LogP contribution in [0.2, 0.25) is 10.0 Å². The minimum Gasteiger partial charge on any atom is -0.330 e. The molecular formula is C17H14BrCl2FN2O2. The second-order valence-corrected chi connectivity index (χ2v) is 6.76. The van der Waals surface area contributed by atoms with E-state index in [1.165, 1.54) is 17.0 Å². The Balaban J connectivity index is 2.14. The minimum atomic E-state index is -0.532. The highest BCUT2D eigenvalue weighted by molar-refractivity contribution is 9.10. The first-order valence-electron chi connectivity index (χ1n) is 7.31. The summed E-state index contributed by atoms with van der Waals surface area (Å²) in [6.07, 6.45) is 0. The number of likely N-dealkylation sites (N-methyl/N-ethyl adjacent to an activating group) is 1. The third-order valence-corrected chi connectivity index (χ3v) is 4.71. The highest BCUT2D eigenvalue weighted by Crippen LogP contribution is 2.29. The summed E-state index contributed by atoms with van der Waals surface area (Å²) in [4.78, 5) is 26.1. The van der Waals surface area contributed by atoms with Gasteiger partial charge in [-0.25, -0.2) is 4.39 Å². The van der Waals surface area contributed by atoms with Gasteiger partial charge in [0.15, 0.2) is 0 Å². The lowest BCUT2D eigenvalue weighted by atomic mass is 10.2. The Labute approximate surface area is 163 Å². The molecule has 0 aliphatic heterocycles. The number of amides is 2. The number of carbonyl (C=O) groups is 2. The summed E-state index contributed by atoms with van der Waals surface area (Å²) in [6, 6.07) is 8.65. The van der Waals surface area contributed by atoms with Crippen LogP contribution >= 0.6 is 39.1 Å². The average molecular weight is 448 g/mol. The molecule has 0 atom stereocenters. The van der Waals surface area contributed by atoms with Gasteiger partial charge >= 0.3 is 0 Å². The summed E-state index contributed by atoms with van der Waals surface area (Å²) in [6.45, 7) is 1.77. The van der Waals surface area contributed by atoms with Crippen LogP contribution in [0.4, 0.5) is 10.1 Å². The first kappa shape index (κ1) is 19.7. The van der Waals surface area contributed by atoms with Gasteiger partial charge in [-0.05, 0) is 53.2 Å². The van der Waals surface area contributed by atoms with Crippen molar-refractivity contribution < 1.29 is 14.0 Å². The summed E-state index contributed by atoms with van der Waals surface area (Å²) in [5, 5.41) is 3.18. The topological polar surface area (TPSA) is 49.4 Å². The van der Waals surface area contributed by atoms with Crippen LogP contribution in [0.15, 0.2) is 40.9 Å². The summed E-state index contributed by atoms with van der Waals surface area (Å²) >= 11 is 15.2. The Morgan fingerprint density at radius 1 is 1.20 bits per heavy atom. The van der Waals surface area contributed by atoms with E-state index >= 15 is 0 Å². The highest BCUT2D eigenvalue weighted by atomic mass is 79.9. The number of anilines is 1. The molecule has 0 saturated carbocycles. The van der Waals surface area contributed by atoms with Gasteiger partial charge in [-0.1, -0.05) is 29.3 Å². The van der Waals surface area contributed by atoms with Crippen molar-refractivity contribution in [3.63, 3.8) is 0 Å². The Hall–Kier alpha value is -1.63. The van der Waals surface area contributed by atoms with Gasteiger partial charge in [-0.15, -0.1) is 0 Å². The Bertz CT molecular complexity index is 797.